The van der Waals surface area contributed by atoms with Gasteiger partial charge in [0, 0.05) is 0 Å². The van der Waals surface area contributed by atoms with Gasteiger partial charge in [0.2, 0.25) is 5.91 Å². The van der Waals surface area contributed by atoms with Gasteiger partial charge in [0.25, 0.3) is 0 Å². The van der Waals surface area contributed by atoms with E-state index in [0.717, 1.165) is 12.8 Å². The van der Waals surface area contributed by atoms with Crippen molar-refractivity contribution in [2.24, 2.45) is 16.7 Å². The normalized spacial score (nSPS) is 28.0. The number of rotatable bonds is 3. The van der Waals surface area contributed by atoms with E-state index in [1.165, 1.54) is 12.8 Å². The quantitative estimate of drug-likeness (QED) is 0.750. The van der Waals surface area contributed by atoms with Crippen molar-refractivity contribution in [2.75, 3.05) is 0 Å². The summed E-state index contributed by atoms with van der Waals surface area (Å²) in [6, 6.07) is 0. The Balaban J connectivity index is 1.81. The first-order valence-electron chi connectivity index (χ1n) is 6.33. The van der Waals surface area contributed by atoms with Crippen LogP contribution in [0.1, 0.15) is 53.4 Å². The predicted octanol–water partition coefficient (Wildman–Crippen LogP) is 2.66. The molecule has 2 aliphatic carbocycles. The molecule has 0 aromatic heterocycles. The number of carbonyl (C=O) groups is 1. The second kappa shape index (κ2) is 3.73. The van der Waals surface area contributed by atoms with Crippen LogP contribution in [0.25, 0.3) is 0 Å². The second-order valence-corrected chi connectivity index (χ2v) is 6.37. The van der Waals surface area contributed by atoms with Crippen LogP contribution in [0.3, 0.4) is 0 Å². The summed E-state index contributed by atoms with van der Waals surface area (Å²) in [6.07, 6.45) is 4.85. The molecule has 0 bridgehead atoms. The summed E-state index contributed by atoms with van der Waals surface area (Å²) in [5.41, 5.74) is 2.85. The van der Waals surface area contributed by atoms with Gasteiger partial charge in [-0.05, 0) is 23.7 Å². The number of carbonyl (C=O) groups excluding carboxylic acids is 1. The summed E-state index contributed by atoms with van der Waals surface area (Å²) in [7, 11) is 0. The van der Waals surface area contributed by atoms with Gasteiger partial charge in [-0.3, -0.25) is 9.63 Å². The first-order chi connectivity index (χ1) is 7.37. The lowest BCUT2D eigenvalue weighted by Crippen LogP contribution is -2.31. The van der Waals surface area contributed by atoms with Crippen molar-refractivity contribution in [3.05, 3.63) is 0 Å². The Hall–Kier alpha value is -0.570. The third-order valence-electron chi connectivity index (χ3n) is 4.91. The minimum atomic E-state index is 0.0573. The van der Waals surface area contributed by atoms with E-state index in [1.807, 2.05) is 0 Å². The first kappa shape index (κ1) is 11.9. The summed E-state index contributed by atoms with van der Waals surface area (Å²) < 4.78 is 0. The lowest BCUT2D eigenvalue weighted by Gasteiger charge is -2.11. The van der Waals surface area contributed by atoms with Gasteiger partial charge in [-0.25, -0.2) is 5.48 Å². The molecule has 0 saturated heterocycles. The maximum atomic E-state index is 12.0. The molecule has 1 amide bonds. The number of hydroxylamine groups is 1. The summed E-state index contributed by atoms with van der Waals surface area (Å²) >= 11 is 0. The molecule has 2 aliphatic rings. The first-order valence-corrected chi connectivity index (χ1v) is 6.33. The average Bonchev–Trinajstić information content (AvgIpc) is 2.61. The molecular formula is C13H23NO2. The van der Waals surface area contributed by atoms with Gasteiger partial charge in [0.15, 0.2) is 0 Å². The van der Waals surface area contributed by atoms with Crippen LogP contribution in [0.15, 0.2) is 0 Å². The van der Waals surface area contributed by atoms with E-state index < -0.39 is 0 Å². The molecule has 2 saturated carbocycles. The average molecular weight is 225 g/mol. The minimum absolute atomic E-state index is 0.0573. The van der Waals surface area contributed by atoms with Gasteiger partial charge in [0.1, 0.15) is 0 Å². The molecule has 2 fully saturated rings. The number of hydrogen-bond acceptors (Lipinski definition) is 2. The topological polar surface area (TPSA) is 38.3 Å². The third kappa shape index (κ3) is 1.75. The van der Waals surface area contributed by atoms with Crippen molar-refractivity contribution in [1.29, 1.82) is 0 Å². The molecule has 92 valence electrons. The van der Waals surface area contributed by atoms with Crippen molar-refractivity contribution >= 4 is 5.91 Å². The van der Waals surface area contributed by atoms with E-state index in [1.54, 1.807) is 0 Å². The molecule has 2 rings (SSSR count). The van der Waals surface area contributed by atoms with E-state index in [0.29, 0.717) is 0 Å². The summed E-state index contributed by atoms with van der Waals surface area (Å²) in [5, 5.41) is 0. The zero-order valence-electron chi connectivity index (χ0n) is 10.8. The Labute approximate surface area is 97.9 Å². The fraction of sp³-hybridized carbons (Fsp3) is 0.923. The molecular weight excluding hydrogens is 202 g/mol. The van der Waals surface area contributed by atoms with Crippen LogP contribution in [-0.2, 0) is 9.63 Å². The Morgan fingerprint density at radius 1 is 1.12 bits per heavy atom. The Morgan fingerprint density at radius 2 is 1.62 bits per heavy atom. The van der Waals surface area contributed by atoms with Crippen LogP contribution in [0.5, 0.6) is 0 Å². The molecule has 0 radical (unpaired) electrons. The van der Waals surface area contributed by atoms with Gasteiger partial charge >= 0.3 is 0 Å². The van der Waals surface area contributed by atoms with E-state index in [2.05, 4.69) is 33.2 Å². The number of nitrogens with one attached hydrogen (secondary N) is 1. The van der Waals surface area contributed by atoms with Crippen molar-refractivity contribution in [3.8, 4) is 0 Å². The van der Waals surface area contributed by atoms with E-state index in [-0.39, 0.29) is 28.8 Å². The van der Waals surface area contributed by atoms with Crippen LogP contribution in [0, 0.1) is 16.7 Å². The maximum Gasteiger partial charge on any atom is 0.247 e. The van der Waals surface area contributed by atoms with Crippen LogP contribution < -0.4 is 5.48 Å². The molecule has 0 aromatic carbocycles. The van der Waals surface area contributed by atoms with E-state index >= 15 is 0 Å². The smallest absolute Gasteiger partial charge is 0.247 e. The molecule has 3 heteroatoms. The van der Waals surface area contributed by atoms with Gasteiger partial charge in [-0.1, -0.05) is 40.5 Å². The zero-order chi connectivity index (χ0) is 12.0. The van der Waals surface area contributed by atoms with Crippen molar-refractivity contribution < 1.29 is 9.63 Å². The summed E-state index contributed by atoms with van der Waals surface area (Å²) in [5.74, 6) is 0.142. The predicted molar refractivity (Wildman–Crippen MR) is 62.5 cm³/mol. The van der Waals surface area contributed by atoms with Gasteiger partial charge < -0.3 is 0 Å². The monoisotopic (exact) mass is 225 g/mol. The molecule has 0 aliphatic heterocycles. The third-order valence-corrected chi connectivity index (χ3v) is 4.91. The minimum Gasteiger partial charge on any atom is -0.272 e. The van der Waals surface area contributed by atoms with E-state index in [4.69, 9.17) is 4.84 Å². The second-order valence-electron chi connectivity index (χ2n) is 6.37. The largest absolute Gasteiger partial charge is 0.272 e. The number of amides is 1. The van der Waals surface area contributed by atoms with E-state index in [9.17, 15) is 4.79 Å². The fourth-order valence-corrected chi connectivity index (χ4v) is 3.06. The Bertz CT molecular complexity index is 276. The highest BCUT2D eigenvalue weighted by molar-refractivity contribution is 5.83. The lowest BCUT2D eigenvalue weighted by molar-refractivity contribution is -0.140. The molecule has 0 heterocycles. The lowest BCUT2D eigenvalue weighted by atomic mass is 10.0. The van der Waals surface area contributed by atoms with Gasteiger partial charge in [-0.2, -0.15) is 0 Å². The molecule has 0 spiro atoms. The number of hydrogen-bond donors (Lipinski definition) is 1. The SMILES string of the molecule is CC1(C)C(C(=O)NOC2CCCC2)C1(C)C. The van der Waals surface area contributed by atoms with Gasteiger partial charge in [0.05, 0.1) is 12.0 Å². The molecule has 0 aromatic rings. The Morgan fingerprint density at radius 3 is 2.06 bits per heavy atom. The molecule has 0 unspecified atom stereocenters. The van der Waals surface area contributed by atoms with Crippen LogP contribution in [0.4, 0.5) is 0 Å². The van der Waals surface area contributed by atoms with Crippen molar-refractivity contribution in [3.63, 3.8) is 0 Å². The highest BCUT2D eigenvalue weighted by Crippen LogP contribution is 2.68. The zero-order valence-corrected chi connectivity index (χ0v) is 10.8. The molecule has 16 heavy (non-hydrogen) atoms. The fourth-order valence-electron chi connectivity index (χ4n) is 3.06. The highest BCUT2D eigenvalue weighted by atomic mass is 16.7. The molecule has 1 N–H and O–H groups in total. The van der Waals surface area contributed by atoms with Gasteiger partial charge in [-0.15, -0.1) is 0 Å². The highest BCUT2D eigenvalue weighted by Gasteiger charge is 2.68. The summed E-state index contributed by atoms with van der Waals surface area (Å²) in [4.78, 5) is 17.4. The standard InChI is InChI=1S/C13H23NO2/c1-12(2)10(13(12,3)4)11(15)14-16-9-7-5-6-8-9/h9-10H,5-8H2,1-4H3,(H,14,15). The van der Waals surface area contributed by atoms with Crippen molar-refractivity contribution in [1.82, 2.24) is 5.48 Å². The summed E-state index contributed by atoms with van der Waals surface area (Å²) in [6.45, 7) is 8.58. The Kier molecular flexibility index (Phi) is 2.77. The van der Waals surface area contributed by atoms with Crippen molar-refractivity contribution in [2.45, 2.75) is 59.5 Å². The maximum absolute atomic E-state index is 12.0. The van der Waals surface area contributed by atoms with Crippen LogP contribution >= 0.6 is 0 Å². The van der Waals surface area contributed by atoms with Crippen LogP contribution in [0.2, 0.25) is 0 Å². The molecule has 0 atom stereocenters. The molecule has 3 nitrogen and oxygen atoms in total. The van der Waals surface area contributed by atoms with Crippen LogP contribution in [-0.4, -0.2) is 12.0 Å².